The van der Waals surface area contributed by atoms with Crippen molar-refractivity contribution in [1.29, 1.82) is 0 Å². The van der Waals surface area contributed by atoms with E-state index in [-0.39, 0.29) is 99.6 Å². The zero-order valence-corrected chi connectivity index (χ0v) is 89.3. The van der Waals surface area contributed by atoms with Crippen molar-refractivity contribution < 1.29 is 91.6 Å². The molecule has 0 saturated carbocycles. The molecule has 0 bridgehead atoms. The van der Waals surface area contributed by atoms with E-state index < -0.39 is 0 Å². The predicted octanol–water partition coefficient (Wildman–Crippen LogP) is 25.0. The van der Waals surface area contributed by atoms with Crippen molar-refractivity contribution in [2.45, 2.75) is 78.6 Å². The molecule has 0 atom stereocenters. The maximum atomic E-state index is 6.64. The van der Waals surface area contributed by atoms with Crippen molar-refractivity contribution in [3.63, 3.8) is 0 Å². The smallest absolute Gasteiger partial charge is 0.214 e. The Morgan fingerprint density at radius 1 is 0.250 bits per heavy atom. The summed E-state index contributed by atoms with van der Waals surface area (Å²) < 4.78 is 39.1. The van der Waals surface area contributed by atoms with Gasteiger partial charge in [0.05, 0.1) is 0 Å². The largest absolute Gasteiger partial charge is 0.518 e. The fourth-order valence-corrected chi connectivity index (χ4v) is 21.3. The zero-order chi connectivity index (χ0) is 97.8. The normalized spacial score (nSPS) is 13.7. The van der Waals surface area contributed by atoms with E-state index >= 15 is 0 Å². The Morgan fingerprint density at radius 3 is 0.858 bits per heavy atom. The number of hydrogen-bond donors (Lipinski definition) is 0. The number of fused-ring (bicyclic) bond motifs is 15. The van der Waals surface area contributed by atoms with Crippen molar-refractivity contribution >= 4 is 132 Å². The fraction of sp³-hybridized carbons (Fsp3) is 0.102. The molecular formula is C127H93B3N9O6Pt3-9. The number of nitrogens with zero attached hydrogens (tertiary/aromatic N) is 9. The van der Waals surface area contributed by atoms with Crippen LogP contribution in [0.25, 0.3) is 56.0 Å². The third kappa shape index (κ3) is 17.0. The van der Waals surface area contributed by atoms with Crippen LogP contribution < -0.4 is 107 Å². The molecule has 0 aliphatic carbocycles. The van der Waals surface area contributed by atoms with Crippen LogP contribution in [0, 0.1) is 56.4 Å². The van der Waals surface area contributed by atoms with Crippen LogP contribution in [-0.2, 0) is 79.4 Å². The van der Waals surface area contributed by atoms with Gasteiger partial charge >= 0.3 is 0 Å². The number of pyridine rings is 3. The van der Waals surface area contributed by atoms with Crippen LogP contribution in [0.1, 0.15) is 79.0 Å². The topological polar surface area (TPSA) is 113 Å². The van der Waals surface area contributed by atoms with Crippen molar-refractivity contribution in [3.8, 4) is 125 Å². The Morgan fingerprint density at radius 2 is 0.520 bits per heavy atom. The van der Waals surface area contributed by atoms with Gasteiger partial charge in [-0.25, -0.2) is 0 Å². The molecule has 28 rings (SSSR count). The predicted molar refractivity (Wildman–Crippen MR) is 586 cm³/mol. The van der Waals surface area contributed by atoms with E-state index in [4.69, 9.17) is 43.4 Å². The third-order valence-corrected chi connectivity index (χ3v) is 28.6. The Kier molecular flexibility index (Phi) is 24.9. The zero-order valence-electron chi connectivity index (χ0n) is 82.5. The SMILES string of the molecule is CC(C)(C)c1ccnc(-c2[c-]c3c(cc2)Oc2cccc4c2B3c2[c-]c(N3[CH-]N(c5c(-c6ccccc6)cccc5-c5ccccc5)c5ccccc53)ccc2O4)c1.CC(C)(C)c1ccnc(-c2[c-]c3c(cc2)Oc2cccc4c2B3c2[c-]c(N3[CH-]N(c5ccccc5)c5ccccc53)ccc2O4)c1.CN1[CH-]N(c2[c-]c3c(cc2)Oc2cccc4c2B3c2[c-]c(-c3cc(C(C)(C)C)ccn3)ccc2O4)c2ccccc21.[Pt].[Pt].[Pt]. The van der Waals surface area contributed by atoms with E-state index in [9.17, 15) is 0 Å². The number of ether oxygens (including phenoxy) is 6. The number of rotatable bonds is 10. The summed E-state index contributed by atoms with van der Waals surface area (Å²) in [7, 11) is 2.07. The molecule has 3 aromatic heterocycles. The summed E-state index contributed by atoms with van der Waals surface area (Å²) in [4.78, 5) is 27.6. The maximum Gasteiger partial charge on any atom is 0.214 e. The van der Waals surface area contributed by atoms with Gasteiger partial charge in [-0.3, -0.25) is 0 Å². The Bertz CT molecular complexity index is 8360. The second kappa shape index (κ2) is 38.3. The van der Waals surface area contributed by atoms with Crippen LogP contribution in [-0.4, -0.2) is 42.1 Å². The summed E-state index contributed by atoms with van der Waals surface area (Å²) in [6.07, 6.45) is 5.67. The van der Waals surface area contributed by atoms with Gasteiger partial charge in [0.15, 0.2) is 0 Å². The van der Waals surface area contributed by atoms with Gasteiger partial charge in [-0.2, -0.15) is 24.9 Å². The van der Waals surface area contributed by atoms with Crippen LogP contribution in [0.3, 0.4) is 0 Å². The summed E-state index contributed by atoms with van der Waals surface area (Å²) in [6, 6.07) is 142. The van der Waals surface area contributed by atoms with E-state index in [2.05, 4.69) is 428 Å². The van der Waals surface area contributed by atoms with Gasteiger partial charge in [0.2, 0.25) is 20.1 Å². The van der Waals surface area contributed by atoms with Gasteiger partial charge in [0.25, 0.3) is 0 Å². The minimum Gasteiger partial charge on any atom is -0.518 e. The Labute approximate surface area is 908 Å². The van der Waals surface area contributed by atoms with E-state index in [1.165, 1.54) is 16.7 Å². The van der Waals surface area contributed by atoms with Gasteiger partial charge in [0.1, 0.15) is 34.5 Å². The first-order valence-corrected chi connectivity index (χ1v) is 49.2. The van der Waals surface area contributed by atoms with Crippen LogP contribution in [0.4, 0.5) is 62.6 Å². The van der Waals surface area contributed by atoms with Gasteiger partial charge in [0, 0.05) is 189 Å². The first-order chi connectivity index (χ1) is 70.7. The molecule has 0 saturated heterocycles. The molecule has 0 fully saturated rings. The Hall–Kier alpha value is -15.2. The average molecular weight is 2460 g/mol. The molecule has 9 aliphatic heterocycles. The number of para-hydroxylation sites is 8. The van der Waals surface area contributed by atoms with Gasteiger partial charge < -0.3 is 72.8 Å². The average Bonchev–Trinajstić information content (AvgIpc) is 1.21. The number of aromatic nitrogens is 3. The molecular weight excluding hydrogens is 2370 g/mol. The van der Waals surface area contributed by atoms with Crippen molar-refractivity contribution in [2.75, 3.05) is 36.4 Å². The standard InChI is InChI=1S/C52H37BN3O2.C40H29BN3O2.C35H27BN3O2.3Pt/c1-52(2,3)37-28-29-54-43(31-37)36-24-26-46-41(30-36)53-42-32-38(25-27-47(42)58-49-23-13-22-48(57-46)50(49)53)55-33-56(45-21-11-10-20-44(45)55)51-39(34-14-6-4-7-15-34)18-12-19-40(51)35-16-8-5-9-17-35;1-40(2,3)27-20-21-42-32(23-27)26-16-18-35-30(22-26)41-31-24-29(17-19-36(31)46-38-15-9-14-37(45-35)39(38)41)44-25-43(28-10-5-4-6-11-28)33-12-7-8-13-34(33)44;1-35(2,3)23-16-17-37-27(19-23)22-12-14-30-25(18-22)36-26-20-24(39-21-38(4)28-8-5-6-9-29(28)39)13-15-31(26)41-33-11-7-10-32(40-30)34(33)36;;;/h4-29,31,33H,1-3H3;4-21,23,25H,1-3H3;5-17,19,21H,1-4H3;;;/q3*-3;;;. The summed E-state index contributed by atoms with van der Waals surface area (Å²) in [6.45, 7) is 25.9. The quantitative estimate of drug-likeness (QED) is 0.0955. The summed E-state index contributed by atoms with van der Waals surface area (Å²) in [5.41, 5.74) is 34.1. The molecule has 15 nitrogen and oxygen atoms in total. The van der Waals surface area contributed by atoms with E-state index in [1.807, 2.05) is 91.4 Å². The van der Waals surface area contributed by atoms with Crippen molar-refractivity contribution in [1.82, 2.24) is 15.0 Å². The fourth-order valence-electron chi connectivity index (χ4n) is 21.3. The number of hydrogen-bond acceptors (Lipinski definition) is 15. The first kappa shape index (κ1) is 96.3. The number of anilines is 11. The summed E-state index contributed by atoms with van der Waals surface area (Å²) in [5.74, 6) is 9.44. The molecule has 19 aromatic rings. The second-order valence-electron chi connectivity index (χ2n) is 40.8. The van der Waals surface area contributed by atoms with Crippen LogP contribution >= 0.6 is 0 Å². The van der Waals surface area contributed by atoms with E-state index in [1.54, 1.807) is 0 Å². The van der Waals surface area contributed by atoms with Crippen molar-refractivity contribution in [3.05, 3.63) is 437 Å². The molecule has 0 N–H and O–H groups in total. The maximum absolute atomic E-state index is 6.64. The molecule has 9 aliphatic rings. The van der Waals surface area contributed by atoms with Gasteiger partial charge in [-0.05, 0) is 171 Å². The molecule has 0 unspecified atom stereocenters. The molecule has 0 radical (unpaired) electrons. The minimum absolute atomic E-state index is 0. The summed E-state index contributed by atoms with van der Waals surface area (Å²) >= 11 is 0. The summed E-state index contributed by atoms with van der Waals surface area (Å²) in [5, 5.41) is 0. The molecule has 730 valence electrons. The van der Waals surface area contributed by atoms with Crippen LogP contribution in [0.5, 0.6) is 69.0 Å². The van der Waals surface area contributed by atoms with Gasteiger partial charge in [-0.15, -0.1) is 171 Å². The van der Waals surface area contributed by atoms with Gasteiger partial charge in [-0.1, -0.05) is 232 Å². The number of benzene rings is 16. The van der Waals surface area contributed by atoms with Crippen LogP contribution in [0.15, 0.2) is 364 Å². The molecule has 0 amide bonds. The van der Waals surface area contributed by atoms with Crippen LogP contribution in [0.2, 0.25) is 0 Å². The third-order valence-electron chi connectivity index (χ3n) is 28.6. The molecule has 0 spiro atoms. The van der Waals surface area contributed by atoms with Crippen molar-refractivity contribution in [2.24, 2.45) is 0 Å². The minimum atomic E-state index is -0.221. The molecule has 12 heterocycles. The monoisotopic (exact) mass is 2460 g/mol. The Balaban J connectivity index is 0.000000123. The first-order valence-electron chi connectivity index (χ1n) is 49.2. The second-order valence-corrected chi connectivity index (χ2v) is 40.8. The molecule has 148 heavy (non-hydrogen) atoms. The molecule has 21 heteroatoms. The molecule has 16 aromatic carbocycles. The van der Waals surface area contributed by atoms with E-state index in [0.29, 0.717) is 0 Å². The van der Waals surface area contributed by atoms with E-state index in [0.717, 1.165) is 237 Å².